The van der Waals surface area contributed by atoms with Crippen LogP contribution in [0.4, 0.5) is 0 Å². The van der Waals surface area contributed by atoms with Gasteiger partial charge in [0.05, 0.1) is 6.61 Å². The summed E-state index contributed by atoms with van der Waals surface area (Å²) < 4.78 is 13.6. The fourth-order valence-corrected chi connectivity index (χ4v) is 7.59. The van der Waals surface area contributed by atoms with Crippen molar-refractivity contribution in [2.24, 2.45) is 17.8 Å². The van der Waals surface area contributed by atoms with E-state index >= 15 is 0 Å². The molecule has 1 saturated heterocycles. The Labute approximate surface area is 250 Å². The Morgan fingerprint density at radius 3 is 2.31 bits per heavy atom. The summed E-state index contributed by atoms with van der Waals surface area (Å²) in [6.45, 7) is 15.3. The van der Waals surface area contributed by atoms with E-state index in [0.717, 1.165) is 56.5 Å². The van der Waals surface area contributed by atoms with E-state index in [1.165, 1.54) is 6.07 Å². The number of carbonyl (C=O) groups excluding carboxylic acids is 2. The lowest BCUT2D eigenvalue weighted by atomic mass is 9.49. The van der Waals surface area contributed by atoms with Gasteiger partial charge in [-0.2, -0.15) is 0 Å². The molecule has 7 nitrogen and oxygen atoms in total. The number of nitrogens with zero attached hydrogens (tertiary/aromatic N) is 1. The number of rotatable bonds is 12. The number of carbonyl (C=O) groups is 2. The molecule has 2 aliphatic heterocycles. The zero-order valence-corrected chi connectivity index (χ0v) is 26.1. The number of hydrogen-bond acceptors (Lipinski definition) is 7. The quantitative estimate of drug-likeness (QED) is 0.281. The van der Waals surface area contributed by atoms with Gasteiger partial charge in [0.25, 0.3) is 0 Å². The molecule has 0 radical (unpaired) electrons. The van der Waals surface area contributed by atoms with Crippen molar-refractivity contribution < 1.29 is 29.3 Å². The molecule has 2 heterocycles. The number of phenolic OH excluding ortho intramolecular Hbond substituents is 2. The molecular formula is C35H47NO6. The van der Waals surface area contributed by atoms with Crippen LogP contribution in [0, 0.1) is 17.8 Å². The molecule has 0 unspecified atom stereocenters. The molecule has 5 aliphatic rings. The number of hydrogen-bond donors (Lipinski definition) is 2. The van der Waals surface area contributed by atoms with Crippen LogP contribution in [0.3, 0.4) is 0 Å². The molecule has 2 fully saturated rings. The molecular weight excluding hydrogens is 530 g/mol. The maximum atomic E-state index is 14.6. The van der Waals surface area contributed by atoms with Gasteiger partial charge in [0, 0.05) is 42.0 Å². The lowest BCUT2D eigenvalue weighted by Crippen LogP contribution is -2.74. The van der Waals surface area contributed by atoms with Crippen molar-refractivity contribution in [3.63, 3.8) is 0 Å². The summed E-state index contributed by atoms with van der Waals surface area (Å²) in [4.78, 5) is 31.4. The maximum Gasteiger partial charge on any atom is 0.200 e. The molecule has 0 amide bonds. The smallest absolute Gasteiger partial charge is 0.200 e. The number of ether oxygens (including phenoxy) is 2. The van der Waals surface area contributed by atoms with Crippen LogP contribution in [0.2, 0.25) is 0 Å². The first kappa shape index (κ1) is 30.6. The Hall–Kier alpha value is -2.90. The number of benzene rings is 1. The second-order valence-electron chi connectivity index (χ2n) is 13.1. The lowest BCUT2D eigenvalue weighted by Gasteiger charge is -2.59. The highest BCUT2D eigenvalue weighted by atomic mass is 16.6. The van der Waals surface area contributed by atoms with E-state index in [2.05, 4.69) is 18.7 Å². The van der Waals surface area contributed by atoms with Gasteiger partial charge in [0.1, 0.15) is 22.8 Å². The molecule has 0 aromatic heterocycles. The summed E-state index contributed by atoms with van der Waals surface area (Å²) in [7, 11) is 0. The number of phenols is 2. The van der Waals surface area contributed by atoms with E-state index in [1.54, 1.807) is 0 Å². The molecule has 228 valence electrons. The van der Waals surface area contributed by atoms with Crippen molar-refractivity contribution in [1.82, 2.24) is 4.90 Å². The van der Waals surface area contributed by atoms with E-state index in [9.17, 15) is 19.8 Å². The zero-order chi connectivity index (χ0) is 30.4. The van der Waals surface area contributed by atoms with E-state index in [1.807, 2.05) is 45.9 Å². The highest BCUT2D eigenvalue weighted by molar-refractivity contribution is 6.18. The number of ketones is 2. The van der Waals surface area contributed by atoms with Crippen LogP contribution >= 0.6 is 0 Å². The molecule has 1 aromatic rings. The van der Waals surface area contributed by atoms with Crippen molar-refractivity contribution in [3.05, 3.63) is 52.1 Å². The predicted octanol–water partition coefficient (Wildman–Crippen LogP) is 6.32. The van der Waals surface area contributed by atoms with Crippen LogP contribution in [-0.4, -0.2) is 64.1 Å². The van der Waals surface area contributed by atoms with Crippen LogP contribution in [0.25, 0.3) is 0 Å². The number of fused-ring (bicyclic) bond motifs is 1. The SMILES string of the molecule is CCCCN(CCCC)C[C@@H]1[C@H]2CO[C@@]3(CC=C(C)C)C(=O)[C@@H]1C=C1C(=O)c4c(O)cc(O)c(CC=C(C)C)c4O[C@]123. The minimum Gasteiger partial charge on any atom is -0.507 e. The number of allylic oxidation sites excluding steroid dienone is 4. The minimum absolute atomic E-state index is 0.0279. The normalized spacial score (nSPS) is 28.7. The summed E-state index contributed by atoms with van der Waals surface area (Å²) in [5.74, 6) is -1.41. The first-order valence-electron chi connectivity index (χ1n) is 15.7. The van der Waals surface area contributed by atoms with Crippen molar-refractivity contribution in [3.8, 4) is 17.2 Å². The number of Topliss-reactive ketones (excluding diaryl/α,β-unsaturated/α-hetero) is 2. The van der Waals surface area contributed by atoms with Gasteiger partial charge in [-0.25, -0.2) is 0 Å². The van der Waals surface area contributed by atoms with Crippen LogP contribution < -0.4 is 4.74 Å². The van der Waals surface area contributed by atoms with Gasteiger partial charge >= 0.3 is 0 Å². The predicted molar refractivity (Wildman–Crippen MR) is 163 cm³/mol. The minimum atomic E-state index is -1.35. The molecule has 1 spiro atoms. The molecule has 3 aliphatic carbocycles. The van der Waals surface area contributed by atoms with Crippen LogP contribution in [-0.2, 0) is 16.0 Å². The largest absolute Gasteiger partial charge is 0.507 e. The second-order valence-corrected chi connectivity index (χ2v) is 13.1. The van der Waals surface area contributed by atoms with Gasteiger partial charge in [-0.3, -0.25) is 9.59 Å². The first-order valence-corrected chi connectivity index (χ1v) is 15.7. The van der Waals surface area contributed by atoms with E-state index in [0.29, 0.717) is 30.6 Å². The third kappa shape index (κ3) is 4.64. The Morgan fingerprint density at radius 1 is 1.02 bits per heavy atom. The fourth-order valence-electron chi connectivity index (χ4n) is 7.59. The Balaban J connectivity index is 1.69. The summed E-state index contributed by atoms with van der Waals surface area (Å²) in [5, 5.41) is 21.9. The van der Waals surface area contributed by atoms with Crippen LogP contribution in [0.5, 0.6) is 17.2 Å². The summed E-state index contributed by atoms with van der Waals surface area (Å²) in [6, 6.07) is 1.23. The number of aromatic hydroxyl groups is 2. The van der Waals surface area contributed by atoms with Gasteiger partial charge in [-0.15, -0.1) is 0 Å². The second kappa shape index (κ2) is 11.6. The van der Waals surface area contributed by atoms with Crippen LogP contribution in [0.1, 0.15) is 89.6 Å². The first-order chi connectivity index (χ1) is 20.0. The van der Waals surface area contributed by atoms with Gasteiger partial charge in [0.15, 0.2) is 22.8 Å². The third-order valence-corrected chi connectivity index (χ3v) is 9.77. The van der Waals surface area contributed by atoms with Crippen molar-refractivity contribution >= 4 is 11.6 Å². The van der Waals surface area contributed by atoms with E-state index in [4.69, 9.17) is 9.47 Å². The summed E-state index contributed by atoms with van der Waals surface area (Å²) in [5.41, 5.74) is 0.336. The molecule has 42 heavy (non-hydrogen) atoms. The Kier molecular flexibility index (Phi) is 8.47. The molecule has 6 rings (SSSR count). The molecule has 1 saturated carbocycles. The Bertz CT molecular complexity index is 1340. The Morgan fingerprint density at radius 2 is 1.69 bits per heavy atom. The number of unbranched alkanes of at least 4 members (excludes halogenated alkanes) is 2. The van der Waals surface area contributed by atoms with Crippen molar-refractivity contribution in [1.29, 1.82) is 0 Å². The molecule has 7 heteroatoms. The molecule has 4 bridgehead atoms. The van der Waals surface area contributed by atoms with Crippen molar-refractivity contribution in [2.45, 2.75) is 91.3 Å². The van der Waals surface area contributed by atoms with Gasteiger partial charge in [-0.05, 0) is 66.0 Å². The maximum absolute atomic E-state index is 14.6. The summed E-state index contributed by atoms with van der Waals surface area (Å²) in [6.07, 6.45) is 10.8. The highest BCUT2D eigenvalue weighted by Crippen LogP contribution is 2.65. The van der Waals surface area contributed by atoms with Gasteiger partial charge < -0.3 is 24.6 Å². The molecule has 1 aromatic carbocycles. The topological polar surface area (TPSA) is 96.3 Å². The van der Waals surface area contributed by atoms with Gasteiger partial charge in [-0.1, -0.05) is 56.1 Å². The van der Waals surface area contributed by atoms with E-state index < -0.39 is 17.1 Å². The standard InChI is InChI=1S/C35H47NO6/c1-7-9-15-36(16-10-8-2)19-25-24-17-26-31(39)30-29(38)18-28(37)23(12-11-21(3)4)32(30)42-35(26)27(25)20-41-34(35,33(24)40)14-13-22(5)6/h11,13,17-18,24-25,27,37-38H,7-10,12,14-16,19-20H2,1-6H3/t24-,25+,27-,34+,35-/m1/s1. The average Bonchev–Trinajstić information content (AvgIpc) is 3.22. The summed E-state index contributed by atoms with van der Waals surface area (Å²) >= 11 is 0. The molecule has 5 atom stereocenters. The van der Waals surface area contributed by atoms with Crippen LogP contribution in [0.15, 0.2) is 41.0 Å². The fraction of sp³-hybridized carbons (Fsp3) is 0.600. The monoisotopic (exact) mass is 577 g/mol. The average molecular weight is 578 g/mol. The third-order valence-electron chi connectivity index (χ3n) is 9.77. The highest BCUT2D eigenvalue weighted by Gasteiger charge is 2.79. The van der Waals surface area contributed by atoms with Gasteiger partial charge in [0.2, 0.25) is 0 Å². The molecule has 2 N–H and O–H groups in total. The van der Waals surface area contributed by atoms with E-state index in [-0.39, 0.29) is 46.2 Å². The lowest BCUT2D eigenvalue weighted by molar-refractivity contribution is -0.171. The van der Waals surface area contributed by atoms with Crippen molar-refractivity contribution in [2.75, 3.05) is 26.2 Å². The zero-order valence-electron chi connectivity index (χ0n) is 26.1.